The summed E-state index contributed by atoms with van der Waals surface area (Å²) in [7, 11) is 2.44. The van der Waals surface area contributed by atoms with Crippen LogP contribution in [-0.2, 0) is 22.8 Å². The molecule has 21 heavy (non-hydrogen) atoms. The van der Waals surface area contributed by atoms with Gasteiger partial charge < -0.3 is 18.0 Å². The van der Waals surface area contributed by atoms with Gasteiger partial charge in [0.25, 0.3) is 0 Å². The van der Waals surface area contributed by atoms with Gasteiger partial charge in [-0.2, -0.15) is 11.8 Å². The predicted octanol–water partition coefficient (Wildman–Crippen LogP) is 2.11. The molecule has 0 atom stereocenters. The van der Waals surface area contributed by atoms with Crippen LogP contribution in [0.15, 0.2) is 4.99 Å². The van der Waals surface area contributed by atoms with E-state index in [-0.39, 0.29) is 5.97 Å². The van der Waals surface area contributed by atoms with Crippen LogP contribution in [0.5, 0.6) is 0 Å². The average molecular weight is 335 g/mol. The van der Waals surface area contributed by atoms with Crippen molar-refractivity contribution in [1.82, 2.24) is 0 Å². The summed E-state index contributed by atoms with van der Waals surface area (Å²) in [5, 5.41) is 0. The molecule has 8 heteroatoms. The van der Waals surface area contributed by atoms with E-state index in [1.807, 2.05) is 0 Å². The SMILES string of the molecule is CO[Si](CCCSCCC1=NC(C)(C)C(=O)O1)(OC)OC. The van der Waals surface area contributed by atoms with Gasteiger partial charge in [-0.15, -0.1) is 0 Å². The van der Waals surface area contributed by atoms with Crippen molar-refractivity contribution in [3.63, 3.8) is 0 Å². The molecule has 0 aromatic heterocycles. The Bertz CT molecular complexity index is 376. The molecule has 0 spiro atoms. The maximum absolute atomic E-state index is 11.5. The lowest BCUT2D eigenvalue weighted by Crippen LogP contribution is -2.42. The fourth-order valence-electron chi connectivity index (χ4n) is 1.93. The van der Waals surface area contributed by atoms with Crippen molar-refractivity contribution in [3.8, 4) is 0 Å². The number of hydrogen-bond acceptors (Lipinski definition) is 7. The Morgan fingerprint density at radius 1 is 1.19 bits per heavy atom. The average Bonchev–Trinajstić information content (AvgIpc) is 2.72. The topological polar surface area (TPSA) is 66.4 Å². The third-order valence-electron chi connectivity index (χ3n) is 3.28. The molecule has 1 heterocycles. The van der Waals surface area contributed by atoms with E-state index in [1.165, 1.54) is 0 Å². The number of carbonyl (C=O) groups is 1. The lowest BCUT2D eigenvalue weighted by atomic mass is 10.1. The number of hydrogen-bond donors (Lipinski definition) is 0. The van der Waals surface area contributed by atoms with Gasteiger partial charge in [0.1, 0.15) is 0 Å². The van der Waals surface area contributed by atoms with Crippen LogP contribution < -0.4 is 0 Å². The molecule has 0 N–H and O–H groups in total. The van der Waals surface area contributed by atoms with E-state index in [9.17, 15) is 4.79 Å². The summed E-state index contributed by atoms with van der Waals surface area (Å²) in [4.78, 5) is 15.7. The summed E-state index contributed by atoms with van der Waals surface area (Å²) in [5.41, 5.74) is -0.722. The van der Waals surface area contributed by atoms with Crippen molar-refractivity contribution in [2.75, 3.05) is 32.8 Å². The van der Waals surface area contributed by atoms with Crippen LogP contribution in [-0.4, -0.2) is 59.0 Å². The molecule has 0 aromatic rings. The molecular weight excluding hydrogens is 310 g/mol. The minimum Gasteiger partial charge on any atom is -0.410 e. The zero-order valence-electron chi connectivity index (χ0n) is 13.4. The summed E-state index contributed by atoms with van der Waals surface area (Å²) in [6.45, 7) is 3.53. The Labute approximate surface area is 131 Å². The predicted molar refractivity (Wildman–Crippen MR) is 85.8 cm³/mol. The number of esters is 1. The van der Waals surface area contributed by atoms with Crippen LogP contribution in [0.2, 0.25) is 6.04 Å². The zero-order valence-corrected chi connectivity index (χ0v) is 15.2. The molecule has 0 fully saturated rings. The van der Waals surface area contributed by atoms with Crippen LogP contribution in [0.25, 0.3) is 0 Å². The Balaban J connectivity index is 2.17. The first-order valence-corrected chi connectivity index (χ1v) is 10.0. The van der Waals surface area contributed by atoms with Gasteiger partial charge in [0.05, 0.1) is 0 Å². The molecule has 0 saturated carbocycles. The van der Waals surface area contributed by atoms with Crippen molar-refractivity contribution in [3.05, 3.63) is 0 Å². The lowest BCUT2D eigenvalue weighted by molar-refractivity contribution is -0.137. The summed E-state index contributed by atoms with van der Waals surface area (Å²) in [6, 6.07) is 0.798. The molecule has 1 rings (SSSR count). The van der Waals surface area contributed by atoms with Gasteiger partial charge >= 0.3 is 14.8 Å². The molecule has 0 aromatic carbocycles. The molecule has 1 aliphatic rings. The van der Waals surface area contributed by atoms with Crippen LogP contribution in [0.3, 0.4) is 0 Å². The third-order valence-corrected chi connectivity index (χ3v) is 7.18. The first kappa shape index (κ1) is 18.6. The molecule has 0 saturated heterocycles. The number of carbonyl (C=O) groups excluding carboxylic acids is 1. The number of rotatable bonds is 10. The van der Waals surface area contributed by atoms with E-state index in [4.69, 9.17) is 18.0 Å². The highest BCUT2D eigenvalue weighted by Gasteiger charge is 2.37. The summed E-state index contributed by atoms with van der Waals surface area (Å²) >= 11 is 1.80. The highest BCUT2D eigenvalue weighted by Crippen LogP contribution is 2.22. The van der Waals surface area contributed by atoms with E-state index < -0.39 is 14.3 Å². The smallest absolute Gasteiger partial charge is 0.410 e. The largest absolute Gasteiger partial charge is 0.500 e. The van der Waals surface area contributed by atoms with E-state index in [0.717, 1.165) is 24.0 Å². The number of thioether (sulfide) groups is 1. The molecular formula is C13H25NO5SSi. The Morgan fingerprint density at radius 2 is 1.81 bits per heavy atom. The highest BCUT2D eigenvalue weighted by molar-refractivity contribution is 7.99. The maximum atomic E-state index is 11.5. The van der Waals surface area contributed by atoms with Gasteiger partial charge in [-0.25, -0.2) is 9.79 Å². The first-order chi connectivity index (χ1) is 9.89. The van der Waals surface area contributed by atoms with Gasteiger partial charge in [-0.1, -0.05) is 0 Å². The van der Waals surface area contributed by atoms with E-state index in [1.54, 1.807) is 46.9 Å². The Hall–Kier alpha value is -0.413. The zero-order chi connectivity index (χ0) is 15.9. The number of nitrogens with zero attached hydrogens (tertiary/aromatic N) is 1. The normalized spacial score (nSPS) is 17.8. The number of ether oxygens (including phenoxy) is 1. The summed E-state index contributed by atoms with van der Waals surface area (Å²) in [5.74, 6) is 2.14. The monoisotopic (exact) mass is 335 g/mol. The van der Waals surface area contributed by atoms with Crippen molar-refractivity contribution in [2.24, 2.45) is 4.99 Å². The molecule has 0 radical (unpaired) electrons. The minimum absolute atomic E-state index is 0.265. The second-order valence-corrected chi connectivity index (χ2v) is 9.53. The van der Waals surface area contributed by atoms with Crippen molar-refractivity contribution in [1.29, 1.82) is 0 Å². The highest BCUT2D eigenvalue weighted by atomic mass is 32.2. The molecule has 6 nitrogen and oxygen atoms in total. The van der Waals surface area contributed by atoms with Crippen molar-refractivity contribution in [2.45, 2.75) is 38.3 Å². The molecule has 0 aliphatic carbocycles. The van der Waals surface area contributed by atoms with Gasteiger partial charge in [0, 0.05) is 39.5 Å². The summed E-state index contributed by atoms with van der Waals surface area (Å²) < 4.78 is 21.2. The molecule has 0 bridgehead atoms. The fraction of sp³-hybridized carbons (Fsp3) is 0.846. The van der Waals surface area contributed by atoms with E-state index >= 15 is 0 Å². The van der Waals surface area contributed by atoms with E-state index in [0.29, 0.717) is 12.3 Å². The fourth-order valence-corrected chi connectivity index (χ4v) is 4.78. The second kappa shape index (κ2) is 8.28. The minimum atomic E-state index is -2.44. The maximum Gasteiger partial charge on any atom is 0.500 e. The third kappa shape index (κ3) is 5.37. The molecule has 1 aliphatic heterocycles. The van der Waals surface area contributed by atoms with Gasteiger partial charge in [-0.3, -0.25) is 0 Å². The Morgan fingerprint density at radius 3 is 2.29 bits per heavy atom. The molecule has 0 unspecified atom stereocenters. The van der Waals surface area contributed by atoms with Crippen LogP contribution in [0.1, 0.15) is 26.7 Å². The Kier molecular flexibility index (Phi) is 7.35. The van der Waals surface area contributed by atoms with Crippen molar-refractivity contribution >= 4 is 32.4 Å². The van der Waals surface area contributed by atoms with Crippen LogP contribution in [0.4, 0.5) is 0 Å². The van der Waals surface area contributed by atoms with Crippen LogP contribution in [0, 0.1) is 0 Å². The first-order valence-electron chi connectivity index (χ1n) is 6.93. The summed E-state index contributed by atoms with van der Waals surface area (Å²) in [6.07, 6.45) is 1.64. The van der Waals surface area contributed by atoms with E-state index in [2.05, 4.69) is 4.99 Å². The van der Waals surface area contributed by atoms with Gasteiger partial charge in [-0.05, 0) is 26.0 Å². The standard InChI is InChI=1S/C13H25NO5SSi/c1-13(2)12(15)19-11(14-13)7-9-20-8-6-10-21(16-3,17-4)18-5/h6-10H2,1-5H3. The van der Waals surface area contributed by atoms with Gasteiger partial charge in [0.2, 0.25) is 0 Å². The quantitative estimate of drug-likeness (QED) is 0.346. The lowest BCUT2D eigenvalue weighted by Gasteiger charge is -2.24. The van der Waals surface area contributed by atoms with Crippen molar-refractivity contribution < 1.29 is 22.8 Å². The molecule has 0 amide bonds. The second-order valence-electron chi connectivity index (χ2n) is 5.22. The number of cyclic esters (lactones) is 1. The van der Waals surface area contributed by atoms with Gasteiger partial charge in [0.15, 0.2) is 11.4 Å². The number of aliphatic imine (C=N–C) groups is 1. The van der Waals surface area contributed by atoms with Crippen LogP contribution >= 0.6 is 11.8 Å². The molecule has 122 valence electrons.